The molecule has 0 radical (unpaired) electrons. The van der Waals surface area contributed by atoms with Crippen molar-refractivity contribution in [1.29, 1.82) is 0 Å². The number of rotatable bonds is 4. The van der Waals surface area contributed by atoms with Crippen molar-refractivity contribution in [2.24, 2.45) is 23.7 Å². The van der Waals surface area contributed by atoms with Gasteiger partial charge in [0.2, 0.25) is 0 Å². The van der Waals surface area contributed by atoms with Gasteiger partial charge < -0.3 is 5.32 Å². The van der Waals surface area contributed by atoms with E-state index in [-0.39, 0.29) is 11.4 Å². The highest BCUT2D eigenvalue weighted by Gasteiger charge is 2.65. The zero-order valence-corrected chi connectivity index (χ0v) is 11.3. The minimum atomic E-state index is -0.608. The summed E-state index contributed by atoms with van der Waals surface area (Å²) in [5, 5.41) is 25.1. The lowest BCUT2D eigenvalue weighted by Crippen LogP contribution is -2.13. The van der Waals surface area contributed by atoms with Gasteiger partial charge in [-0.1, -0.05) is 0 Å². The molecule has 4 unspecified atom stereocenters. The highest BCUT2D eigenvalue weighted by Crippen LogP contribution is 2.66. The molecule has 110 valence electrons. The number of nitrogens with one attached hydrogen (secondary N) is 1. The van der Waals surface area contributed by atoms with Gasteiger partial charge in [-0.3, -0.25) is 20.2 Å². The Morgan fingerprint density at radius 3 is 2.29 bits per heavy atom. The van der Waals surface area contributed by atoms with Crippen molar-refractivity contribution in [1.82, 2.24) is 0 Å². The minimum Gasteiger partial charge on any atom is -0.376 e. The third kappa shape index (κ3) is 1.80. The maximum absolute atomic E-state index is 11.1. The van der Waals surface area contributed by atoms with Crippen LogP contribution < -0.4 is 5.32 Å². The summed E-state index contributed by atoms with van der Waals surface area (Å²) in [6.45, 7) is 0. The summed E-state index contributed by atoms with van der Waals surface area (Å²) in [7, 11) is 0. The third-order valence-electron chi connectivity index (χ3n) is 5.45. The van der Waals surface area contributed by atoms with Crippen LogP contribution in [-0.2, 0) is 0 Å². The lowest BCUT2D eigenvalue weighted by Gasteiger charge is -2.11. The predicted octanol–water partition coefficient (Wildman–Crippen LogP) is 2.96. The molecule has 3 aliphatic carbocycles. The molecule has 1 aromatic carbocycles. The van der Waals surface area contributed by atoms with Crippen LogP contribution in [0.2, 0.25) is 0 Å². The molecule has 0 spiro atoms. The molecule has 0 saturated heterocycles. The molecule has 7 heteroatoms. The van der Waals surface area contributed by atoms with E-state index in [2.05, 4.69) is 5.32 Å². The van der Waals surface area contributed by atoms with Crippen molar-refractivity contribution in [2.75, 3.05) is 5.32 Å². The van der Waals surface area contributed by atoms with Gasteiger partial charge in [0, 0.05) is 12.1 Å². The van der Waals surface area contributed by atoms with Gasteiger partial charge in [-0.2, -0.15) is 0 Å². The molecule has 1 aromatic rings. The number of non-ortho nitro benzene ring substituents is 1. The largest absolute Gasteiger partial charge is 0.376 e. The second-order valence-corrected chi connectivity index (χ2v) is 6.37. The number of nitro groups is 2. The normalized spacial score (nSPS) is 35.3. The van der Waals surface area contributed by atoms with Gasteiger partial charge in [0.05, 0.1) is 15.9 Å². The van der Waals surface area contributed by atoms with E-state index in [1.807, 2.05) is 0 Å². The first-order valence-electron chi connectivity index (χ1n) is 7.25. The zero-order chi connectivity index (χ0) is 14.7. The molecule has 0 aliphatic heterocycles. The van der Waals surface area contributed by atoms with Gasteiger partial charge in [-0.05, 0) is 49.0 Å². The zero-order valence-electron chi connectivity index (χ0n) is 11.3. The highest BCUT2D eigenvalue weighted by molar-refractivity contribution is 5.66. The summed E-state index contributed by atoms with van der Waals surface area (Å²) in [6, 6.07) is 4.14. The molecular formula is C14H15N3O4. The molecule has 0 aromatic heterocycles. The van der Waals surface area contributed by atoms with Crippen LogP contribution in [0.25, 0.3) is 0 Å². The Labute approximate surface area is 120 Å². The fourth-order valence-electron chi connectivity index (χ4n) is 4.60. The number of nitrogens with zero attached hydrogens (tertiary/aromatic N) is 2. The van der Waals surface area contributed by atoms with Crippen LogP contribution in [0.3, 0.4) is 0 Å². The van der Waals surface area contributed by atoms with Gasteiger partial charge in [-0.25, -0.2) is 0 Å². The van der Waals surface area contributed by atoms with E-state index in [1.54, 1.807) is 0 Å². The third-order valence-corrected chi connectivity index (χ3v) is 5.45. The molecule has 7 nitrogen and oxygen atoms in total. The SMILES string of the molecule is O=[N+]([O-])c1ccc(NC2C3C4CCC(C4)C23)c([N+](=O)[O-])c1. The van der Waals surface area contributed by atoms with E-state index in [0.29, 0.717) is 23.6 Å². The van der Waals surface area contributed by atoms with Gasteiger partial charge in [0.1, 0.15) is 5.69 Å². The monoisotopic (exact) mass is 289 g/mol. The van der Waals surface area contributed by atoms with Gasteiger partial charge in [-0.15, -0.1) is 0 Å². The predicted molar refractivity (Wildman–Crippen MR) is 75.0 cm³/mol. The molecule has 4 atom stereocenters. The average Bonchev–Trinajstić information content (AvgIpc) is 2.83. The molecule has 3 fully saturated rings. The molecular weight excluding hydrogens is 274 g/mol. The van der Waals surface area contributed by atoms with E-state index in [1.165, 1.54) is 31.4 Å². The Morgan fingerprint density at radius 1 is 1.05 bits per heavy atom. The van der Waals surface area contributed by atoms with Crippen molar-refractivity contribution < 1.29 is 9.85 Å². The Kier molecular flexibility index (Phi) is 2.49. The minimum absolute atomic E-state index is 0.207. The summed E-state index contributed by atoms with van der Waals surface area (Å²) in [5.74, 6) is 2.85. The molecule has 0 amide bonds. The van der Waals surface area contributed by atoms with E-state index in [0.717, 1.165) is 17.9 Å². The summed E-state index contributed by atoms with van der Waals surface area (Å²) in [4.78, 5) is 20.7. The fraction of sp³-hybridized carbons (Fsp3) is 0.571. The maximum Gasteiger partial charge on any atom is 0.299 e. The van der Waals surface area contributed by atoms with Gasteiger partial charge in [0.25, 0.3) is 11.4 Å². The van der Waals surface area contributed by atoms with Crippen LogP contribution in [0.4, 0.5) is 17.1 Å². The average molecular weight is 289 g/mol. The van der Waals surface area contributed by atoms with E-state index in [9.17, 15) is 20.2 Å². The number of benzene rings is 1. The van der Waals surface area contributed by atoms with E-state index >= 15 is 0 Å². The maximum atomic E-state index is 11.1. The standard InChI is InChI=1S/C14H15N3O4/c18-16(19)9-3-4-10(11(6-9)17(20)21)15-14-12-7-1-2-8(5-7)13(12)14/h3-4,6-8,12-15H,1-2,5H2. The lowest BCUT2D eigenvalue weighted by molar-refractivity contribution is -0.393. The van der Waals surface area contributed by atoms with Gasteiger partial charge >= 0.3 is 0 Å². The van der Waals surface area contributed by atoms with Crippen LogP contribution >= 0.6 is 0 Å². The smallest absolute Gasteiger partial charge is 0.299 e. The van der Waals surface area contributed by atoms with Crippen molar-refractivity contribution in [3.05, 3.63) is 38.4 Å². The number of nitro benzene ring substituents is 2. The van der Waals surface area contributed by atoms with Gasteiger partial charge in [0.15, 0.2) is 0 Å². The first-order chi connectivity index (χ1) is 10.1. The summed E-state index contributed by atoms with van der Waals surface area (Å²) in [6.07, 6.45) is 3.88. The Balaban J connectivity index is 1.58. The molecule has 4 rings (SSSR count). The molecule has 2 bridgehead atoms. The van der Waals surface area contributed by atoms with Crippen LogP contribution in [0.5, 0.6) is 0 Å². The van der Waals surface area contributed by atoms with Crippen molar-refractivity contribution in [3.8, 4) is 0 Å². The first kappa shape index (κ1) is 12.6. The van der Waals surface area contributed by atoms with Crippen molar-refractivity contribution >= 4 is 17.1 Å². The van der Waals surface area contributed by atoms with Crippen LogP contribution in [0.1, 0.15) is 19.3 Å². The second kappa shape index (κ2) is 4.16. The molecule has 21 heavy (non-hydrogen) atoms. The number of hydrogen-bond acceptors (Lipinski definition) is 5. The second-order valence-electron chi connectivity index (χ2n) is 6.37. The lowest BCUT2D eigenvalue weighted by atomic mass is 10.0. The Morgan fingerprint density at radius 2 is 1.71 bits per heavy atom. The number of hydrogen-bond donors (Lipinski definition) is 1. The first-order valence-corrected chi connectivity index (χ1v) is 7.25. The Bertz CT molecular complexity index is 631. The highest BCUT2D eigenvalue weighted by atomic mass is 16.6. The van der Waals surface area contributed by atoms with E-state index < -0.39 is 9.85 Å². The van der Waals surface area contributed by atoms with Crippen molar-refractivity contribution in [2.45, 2.75) is 25.3 Å². The number of fused-ring (bicyclic) bond motifs is 5. The topological polar surface area (TPSA) is 98.3 Å². The van der Waals surface area contributed by atoms with E-state index in [4.69, 9.17) is 0 Å². The number of anilines is 1. The summed E-state index contributed by atoms with van der Waals surface area (Å²) in [5.41, 5.74) is -0.0470. The molecule has 0 heterocycles. The fourth-order valence-corrected chi connectivity index (χ4v) is 4.60. The van der Waals surface area contributed by atoms with Crippen molar-refractivity contribution in [3.63, 3.8) is 0 Å². The molecule has 3 aliphatic rings. The summed E-state index contributed by atoms with van der Waals surface area (Å²) >= 11 is 0. The molecule has 1 N–H and O–H groups in total. The van der Waals surface area contributed by atoms with Crippen LogP contribution in [0, 0.1) is 43.9 Å². The molecule has 3 saturated carbocycles. The Hall–Kier alpha value is -2.18. The van der Waals surface area contributed by atoms with Crippen LogP contribution in [-0.4, -0.2) is 15.9 Å². The summed E-state index contributed by atoms with van der Waals surface area (Å²) < 4.78 is 0. The van der Waals surface area contributed by atoms with Crippen LogP contribution in [0.15, 0.2) is 18.2 Å². The quantitative estimate of drug-likeness (QED) is 0.678.